The first kappa shape index (κ1) is 16.3. The van der Waals surface area contributed by atoms with Crippen molar-refractivity contribution < 1.29 is 9.53 Å². The lowest BCUT2D eigenvalue weighted by Gasteiger charge is -2.20. The first-order valence-electron chi connectivity index (χ1n) is 8.52. The Labute approximate surface area is 151 Å². The van der Waals surface area contributed by atoms with Crippen molar-refractivity contribution in [3.05, 3.63) is 71.7 Å². The highest BCUT2D eigenvalue weighted by Gasteiger charge is 2.29. The summed E-state index contributed by atoms with van der Waals surface area (Å²) in [6, 6.07) is 13.8. The number of Topliss-reactive ketones (excluding diaryl/α,β-unsaturated/α-hetero) is 1. The molecule has 1 aliphatic heterocycles. The summed E-state index contributed by atoms with van der Waals surface area (Å²) in [5.41, 5.74) is 2.27. The summed E-state index contributed by atoms with van der Waals surface area (Å²) in [5, 5.41) is 0.950. The zero-order valence-corrected chi connectivity index (χ0v) is 14.7. The monoisotopic (exact) mass is 345 g/mol. The fraction of sp³-hybridized carbons (Fsp3) is 0.190. The second-order valence-electron chi connectivity index (χ2n) is 6.78. The van der Waals surface area contributed by atoms with E-state index in [1.807, 2.05) is 62.5 Å². The molecule has 1 aromatic carbocycles. The number of nitrogens with zero attached hydrogens (tertiary/aromatic N) is 2. The number of benzene rings is 1. The molecule has 1 saturated heterocycles. The van der Waals surface area contributed by atoms with Gasteiger partial charge in [0.15, 0.2) is 11.7 Å². The van der Waals surface area contributed by atoms with Crippen molar-refractivity contribution in [1.82, 2.24) is 9.97 Å². The number of nitrogens with one attached hydrogen (secondary N) is 1. The molecule has 0 saturated carbocycles. The lowest BCUT2D eigenvalue weighted by atomic mass is 9.95. The van der Waals surface area contributed by atoms with Crippen LogP contribution in [0.25, 0.3) is 17.1 Å². The quantitative estimate of drug-likeness (QED) is 0.723. The maximum atomic E-state index is 12.4. The second kappa shape index (κ2) is 6.26. The third-order valence-corrected chi connectivity index (χ3v) is 4.47. The predicted octanol–water partition coefficient (Wildman–Crippen LogP) is 4.23. The minimum Gasteiger partial charge on any atom is -0.439 e. The van der Waals surface area contributed by atoms with E-state index < -0.39 is 5.54 Å². The summed E-state index contributed by atoms with van der Waals surface area (Å²) in [6.07, 6.45) is 5.48. The molecule has 3 heterocycles. The molecule has 130 valence electrons. The molecule has 0 aliphatic carbocycles. The molecule has 0 spiro atoms. The Morgan fingerprint density at radius 2 is 2.00 bits per heavy atom. The molecule has 5 heteroatoms. The Morgan fingerprint density at radius 1 is 1.19 bits per heavy atom. The smallest absolute Gasteiger partial charge is 0.207 e. The summed E-state index contributed by atoms with van der Waals surface area (Å²) in [5.74, 6) is 0.705. The molecule has 1 N–H and O–H groups in total. The summed E-state index contributed by atoms with van der Waals surface area (Å²) in [7, 11) is 0. The Balaban J connectivity index is 1.63. The molecule has 4 rings (SSSR count). The molecule has 0 atom stereocenters. The van der Waals surface area contributed by atoms with Gasteiger partial charge in [-0.05, 0) is 37.6 Å². The van der Waals surface area contributed by atoms with E-state index in [1.165, 1.54) is 0 Å². The van der Waals surface area contributed by atoms with Crippen molar-refractivity contribution >= 4 is 28.8 Å². The standard InChI is InChI=1S/C21H19N3O2/c1-21(2,15-7-4-3-5-8-15)24-19-12-17(25)18(26-19)11-14-13-23-20-16(14)9-6-10-22-20/h3-11,13H,12H2,1-2H3,(H,22,23)/b18-11-,24-19?. The van der Waals surface area contributed by atoms with Crippen molar-refractivity contribution in [2.24, 2.45) is 4.99 Å². The van der Waals surface area contributed by atoms with E-state index in [-0.39, 0.29) is 12.2 Å². The summed E-state index contributed by atoms with van der Waals surface area (Å²) in [6.45, 7) is 4.02. The number of aromatic nitrogens is 2. The lowest BCUT2D eigenvalue weighted by molar-refractivity contribution is -0.114. The largest absolute Gasteiger partial charge is 0.439 e. The summed E-state index contributed by atoms with van der Waals surface area (Å²) < 4.78 is 5.78. The van der Waals surface area contributed by atoms with Crippen molar-refractivity contribution in [1.29, 1.82) is 0 Å². The van der Waals surface area contributed by atoms with Gasteiger partial charge in [-0.25, -0.2) is 9.98 Å². The zero-order chi connectivity index (χ0) is 18.1. The number of hydrogen-bond donors (Lipinski definition) is 1. The highest BCUT2D eigenvalue weighted by atomic mass is 16.5. The van der Waals surface area contributed by atoms with E-state index in [2.05, 4.69) is 15.0 Å². The number of hydrogen-bond acceptors (Lipinski definition) is 4. The van der Waals surface area contributed by atoms with Crippen LogP contribution in [-0.4, -0.2) is 21.6 Å². The van der Waals surface area contributed by atoms with Gasteiger partial charge in [0.2, 0.25) is 5.78 Å². The van der Waals surface area contributed by atoms with Gasteiger partial charge >= 0.3 is 0 Å². The maximum absolute atomic E-state index is 12.4. The van der Waals surface area contributed by atoms with Crippen LogP contribution in [-0.2, 0) is 15.1 Å². The van der Waals surface area contributed by atoms with Crippen molar-refractivity contribution in [3.8, 4) is 0 Å². The van der Waals surface area contributed by atoms with Crippen LogP contribution in [0.2, 0.25) is 0 Å². The van der Waals surface area contributed by atoms with Crippen LogP contribution in [0.4, 0.5) is 0 Å². The number of rotatable bonds is 3. The molecule has 1 fully saturated rings. The first-order chi connectivity index (χ1) is 12.5. The van der Waals surface area contributed by atoms with E-state index in [1.54, 1.807) is 12.3 Å². The first-order valence-corrected chi connectivity index (χ1v) is 8.52. The van der Waals surface area contributed by atoms with Crippen molar-refractivity contribution in [2.45, 2.75) is 25.8 Å². The Morgan fingerprint density at radius 3 is 2.81 bits per heavy atom. The molecule has 2 aromatic heterocycles. The van der Waals surface area contributed by atoms with Crippen LogP contribution >= 0.6 is 0 Å². The number of carbonyl (C=O) groups is 1. The highest BCUT2D eigenvalue weighted by molar-refractivity contribution is 6.15. The lowest BCUT2D eigenvalue weighted by Crippen LogP contribution is -2.16. The van der Waals surface area contributed by atoms with Gasteiger partial charge in [-0.15, -0.1) is 0 Å². The number of aliphatic imine (C=N–C) groups is 1. The SMILES string of the molecule is CC(C)(N=C1CC(=O)/C(=C/c2c[nH]c3ncccc23)O1)c1ccccc1. The minimum absolute atomic E-state index is 0.0640. The fourth-order valence-corrected chi connectivity index (χ4v) is 3.08. The van der Waals surface area contributed by atoms with Crippen molar-refractivity contribution in [2.75, 3.05) is 0 Å². The number of aromatic amines is 1. The average molecular weight is 345 g/mol. The normalized spacial score (nSPS) is 18.0. The van der Waals surface area contributed by atoms with Gasteiger partial charge in [-0.2, -0.15) is 0 Å². The number of pyridine rings is 1. The number of fused-ring (bicyclic) bond motifs is 1. The molecule has 3 aromatic rings. The topological polar surface area (TPSA) is 67.3 Å². The third kappa shape index (κ3) is 3.04. The number of carbonyl (C=O) groups excluding carboxylic acids is 1. The molecular formula is C21H19N3O2. The molecule has 0 amide bonds. The fourth-order valence-electron chi connectivity index (χ4n) is 3.08. The van der Waals surface area contributed by atoms with Crippen LogP contribution in [0.1, 0.15) is 31.4 Å². The maximum Gasteiger partial charge on any atom is 0.207 e. The molecule has 0 radical (unpaired) electrons. The van der Waals surface area contributed by atoms with Crippen LogP contribution in [0.5, 0.6) is 0 Å². The third-order valence-electron chi connectivity index (χ3n) is 4.47. The van der Waals surface area contributed by atoms with Gasteiger partial charge in [0.25, 0.3) is 0 Å². The van der Waals surface area contributed by atoms with Gasteiger partial charge < -0.3 is 9.72 Å². The minimum atomic E-state index is -0.461. The van der Waals surface area contributed by atoms with Gasteiger partial charge in [0.05, 0.1) is 12.0 Å². The van der Waals surface area contributed by atoms with Crippen molar-refractivity contribution in [3.63, 3.8) is 0 Å². The number of ketones is 1. The van der Waals surface area contributed by atoms with Gasteiger partial charge in [-0.3, -0.25) is 4.79 Å². The van der Waals surface area contributed by atoms with E-state index >= 15 is 0 Å². The van der Waals surface area contributed by atoms with E-state index in [0.717, 1.165) is 22.2 Å². The van der Waals surface area contributed by atoms with Crippen LogP contribution in [0, 0.1) is 0 Å². The average Bonchev–Trinajstić information content (AvgIpc) is 3.19. The number of ether oxygens (including phenoxy) is 1. The Kier molecular flexibility index (Phi) is 3.92. The van der Waals surface area contributed by atoms with Gasteiger partial charge in [0.1, 0.15) is 5.65 Å². The van der Waals surface area contributed by atoms with Crippen LogP contribution < -0.4 is 0 Å². The molecule has 26 heavy (non-hydrogen) atoms. The Bertz CT molecular complexity index is 1030. The van der Waals surface area contributed by atoms with Crippen LogP contribution in [0.3, 0.4) is 0 Å². The van der Waals surface area contributed by atoms with E-state index in [9.17, 15) is 4.79 Å². The van der Waals surface area contributed by atoms with Crippen LogP contribution in [0.15, 0.2) is 65.6 Å². The van der Waals surface area contributed by atoms with Gasteiger partial charge in [-0.1, -0.05) is 30.3 Å². The second-order valence-corrected chi connectivity index (χ2v) is 6.78. The summed E-state index contributed by atoms with van der Waals surface area (Å²) in [4.78, 5) is 24.4. The summed E-state index contributed by atoms with van der Waals surface area (Å²) >= 11 is 0. The van der Waals surface area contributed by atoms with E-state index in [4.69, 9.17) is 4.74 Å². The zero-order valence-electron chi connectivity index (χ0n) is 14.7. The molecule has 0 unspecified atom stereocenters. The predicted molar refractivity (Wildman–Crippen MR) is 102 cm³/mol. The van der Waals surface area contributed by atoms with Gasteiger partial charge in [0, 0.05) is 23.3 Å². The Hall–Kier alpha value is -3.21. The highest BCUT2D eigenvalue weighted by Crippen LogP contribution is 2.28. The molecule has 1 aliphatic rings. The number of H-pyrrole nitrogens is 1. The molecule has 5 nitrogen and oxygen atoms in total. The van der Waals surface area contributed by atoms with E-state index in [0.29, 0.717) is 11.7 Å². The number of allylic oxidation sites excluding steroid dienone is 1. The molecular weight excluding hydrogens is 326 g/mol. The molecule has 0 bridgehead atoms.